The predicted octanol–water partition coefficient (Wildman–Crippen LogP) is 2.58. The summed E-state index contributed by atoms with van der Waals surface area (Å²) >= 11 is 0. The first-order valence-electron chi connectivity index (χ1n) is 4.66. The highest BCUT2D eigenvalue weighted by atomic mass is 19.1. The van der Waals surface area contributed by atoms with Gasteiger partial charge in [-0.2, -0.15) is 0 Å². The summed E-state index contributed by atoms with van der Waals surface area (Å²) in [6, 6.07) is 7.80. The smallest absolute Gasteiger partial charge is 0.168 e. The van der Waals surface area contributed by atoms with Crippen molar-refractivity contribution in [3.05, 3.63) is 59.7 Å². The highest BCUT2D eigenvalue weighted by molar-refractivity contribution is 5.97. The second kappa shape index (κ2) is 4.09. The van der Waals surface area contributed by atoms with E-state index in [-0.39, 0.29) is 18.0 Å². The Balaban J connectivity index is 2.13. The number of carbonyl (C=O) groups excluding carboxylic acids is 1. The molecule has 0 spiro atoms. The van der Waals surface area contributed by atoms with Crippen LogP contribution in [0.2, 0.25) is 0 Å². The van der Waals surface area contributed by atoms with E-state index in [1.165, 1.54) is 12.1 Å². The summed E-state index contributed by atoms with van der Waals surface area (Å²) in [5.74, 6) is -0.323. The van der Waals surface area contributed by atoms with Crippen LogP contribution in [0.1, 0.15) is 15.9 Å². The number of hydrogen-bond donors (Lipinski definition) is 1. The lowest BCUT2D eigenvalue weighted by Crippen LogP contribution is -2.02. The third-order valence-electron chi connectivity index (χ3n) is 2.17. The molecule has 2 rings (SSSR count). The van der Waals surface area contributed by atoms with E-state index in [1.54, 1.807) is 30.6 Å². The van der Waals surface area contributed by atoms with Gasteiger partial charge in [0, 0.05) is 24.4 Å². The summed E-state index contributed by atoms with van der Waals surface area (Å²) in [6.45, 7) is 0. The summed E-state index contributed by atoms with van der Waals surface area (Å²) in [7, 11) is 0. The first kappa shape index (κ1) is 9.65. The van der Waals surface area contributed by atoms with Crippen molar-refractivity contribution in [3.63, 3.8) is 0 Å². The zero-order valence-electron chi connectivity index (χ0n) is 8.03. The number of rotatable bonds is 3. The van der Waals surface area contributed by atoms with Gasteiger partial charge in [0.1, 0.15) is 5.82 Å². The molecule has 0 amide bonds. The van der Waals surface area contributed by atoms with Crippen LogP contribution < -0.4 is 0 Å². The predicted molar refractivity (Wildman–Crippen MR) is 55.2 cm³/mol. The van der Waals surface area contributed by atoms with Crippen molar-refractivity contribution in [3.8, 4) is 0 Å². The number of aromatic nitrogens is 1. The van der Waals surface area contributed by atoms with Crippen molar-refractivity contribution >= 4 is 5.78 Å². The number of ketones is 1. The summed E-state index contributed by atoms with van der Waals surface area (Å²) in [6.07, 6.45) is 3.57. The van der Waals surface area contributed by atoms with E-state index in [1.807, 2.05) is 0 Å². The Kier molecular flexibility index (Phi) is 2.63. The molecule has 0 aliphatic carbocycles. The Hall–Kier alpha value is -1.90. The number of aromatic amines is 1. The van der Waals surface area contributed by atoms with Crippen molar-refractivity contribution in [1.29, 1.82) is 0 Å². The van der Waals surface area contributed by atoms with Crippen molar-refractivity contribution in [2.24, 2.45) is 0 Å². The van der Waals surface area contributed by atoms with E-state index in [0.717, 1.165) is 0 Å². The molecule has 3 heteroatoms. The van der Waals surface area contributed by atoms with Crippen LogP contribution in [-0.2, 0) is 6.42 Å². The van der Waals surface area contributed by atoms with Crippen LogP contribution in [0.3, 0.4) is 0 Å². The minimum absolute atomic E-state index is 0.0122. The minimum Gasteiger partial charge on any atom is -0.367 e. The monoisotopic (exact) mass is 203 g/mol. The fraction of sp³-hybridized carbons (Fsp3) is 0.0833. The van der Waals surface area contributed by atoms with Crippen LogP contribution in [0, 0.1) is 5.82 Å². The van der Waals surface area contributed by atoms with Gasteiger partial charge in [0.25, 0.3) is 0 Å². The molecule has 15 heavy (non-hydrogen) atoms. The van der Waals surface area contributed by atoms with Gasteiger partial charge in [-0.15, -0.1) is 0 Å². The van der Waals surface area contributed by atoms with Crippen molar-refractivity contribution in [1.82, 2.24) is 4.98 Å². The first-order chi connectivity index (χ1) is 7.25. The van der Waals surface area contributed by atoms with Crippen LogP contribution in [-0.4, -0.2) is 10.8 Å². The van der Waals surface area contributed by atoms with Crippen LogP contribution in [0.5, 0.6) is 0 Å². The molecule has 0 unspecified atom stereocenters. The molecule has 0 atom stereocenters. The fourth-order valence-corrected chi connectivity index (χ4v) is 1.43. The third-order valence-corrected chi connectivity index (χ3v) is 2.17. The SMILES string of the molecule is O=C(Cc1cccc(F)c1)c1cc[nH]c1. The number of benzene rings is 1. The van der Waals surface area contributed by atoms with Gasteiger partial charge in [0.05, 0.1) is 0 Å². The molecule has 0 aliphatic heterocycles. The van der Waals surface area contributed by atoms with Gasteiger partial charge in [-0.05, 0) is 23.8 Å². The summed E-state index contributed by atoms with van der Waals surface area (Å²) in [5.41, 5.74) is 1.32. The van der Waals surface area contributed by atoms with Gasteiger partial charge in [-0.3, -0.25) is 4.79 Å². The van der Waals surface area contributed by atoms with E-state index in [9.17, 15) is 9.18 Å². The molecule has 0 radical (unpaired) electrons. The summed E-state index contributed by atoms with van der Waals surface area (Å²) in [4.78, 5) is 14.5. The quantitative estimate of drug-likeness (QED) is 0.764. The molecule has 1 heterocycles. The number of carbonyl (C=O) groups is 1. The third kappa shape index (κ3) is 2.31. The van der Waals surface area contributed by atoms with E-state index in [4.69, 9.17) is 0 Å². The molecule has 1 aromatic heterocycles. The molecular formula is C12H10FNO. The molecule has 0 saturated heterocycles. The second-order valence-electron chi connectivity index (χ2n) is 3.33. The van der Waals surface area contributed by atoms with Gasteiger partial charge in [0.15, 0.2) is 5.78 Å². The number of nitrogens with one attached hydrogen (secondary N) is 1. The van der Waals surface area contributed by atoms with Crippen molar-refractivity contribution < 1.29 is 9.18 Å². The highest BCUT2D eigenvalue weighted by Crippen LogP contribution is 2.08. The molecular weight excluding hydrogens is 193 g/mol. The topological polar surface area (TPSA) is 32.9 Å². The molecule has 0 saturated carbocycles. The van der Waals surface area contributed by atoms with Gasteiger partial charge in [0.2, 0.25) is 0 Å². The lowest BCUT2D eigenvalue weighted by molar-refractivity contribution is 0.0993. The Bertz CT molecular complexity index is 462. The zero-order valence-corrected chi connectivity index (χ0v) is 8.03. The number of H-pyrrole nitrogens is 1. The average molecular weight is 203 g/mol. The molecule has 1 N–H and O–H groups in total. The zero-order chi connectivity index (χ0) is 10.7. The van der Waals surface area contributed by atoms with Crippen molar-refractivity contribution in [2.75, 3.05) is 0 Å². The minimum atomic E-state index is -0.311. The summed E-state index contributed by atoms with van der Waals surface area (Å²) < 4.78 is 12.8. The van der Waals surface area contributed by atoms with Gasteiger partial charge < -0.3 is 4.98 Å². The van der Waals surface area contributed by atoms with E-state index in [0.29, 0.717) is 11.1 Å². The maximum atomic E-state index is 12.8. The van der Waals surface area contributed by atoms with Gasteiger partial charge in [-0.1, -0.05) is 12.1 Å². The van der Waals surface area contributed by atoms with Crippen LogP contribution in [0.25, 0.3) is 0 Å². The maximum Gasteiger partial charge on any atom is 0.168 e. The Morgan fingerprint density at radius 3 is 2.87 bits per heavy atom. The Morgan fingerprint density at radius 2 is 2.20 bits per heavy atom. The lowest BCUT2D eigenvalue weighted by atomic mass is 10.1. The number of hydrogen-bond acceptors (Lipinski definition) is 1. The normalized spacial score (nSPS) is 10.2. The average Bonchev–Trinajstić information content (AvgIpc) is 2.70. The van der Waals surface area contributed by atoms with E-state index >= 15 is 0 Å². The number of halogens is 1. The molecule has 0 fully saturated rings. The molecule has 0 bridgehead atoms. The van der Waals surface area contributed by atoms with Crippen LogP contribution >= 0.6 is 0 Å². The molecule has 76 valence electrons. The van der Waals surface area contributed by atoms with Gasteiger partial charge in [-0.25, -0.2) is 4.39 Å². The Morgan fingerprint density at radius 1 is 1.33 bits per heavy atom. The van der Waals surface area contributed by atoms with Gasteiger partial charge >= 0.3 is 0 Å². The molecule has 0 aliphatic rings. The largest absolute Gasteiger partial charge is 0.367 e. The van der Waals surface area contributed by atoms with E-state index in [2.05, 4.69) is 4.98 Å². The molecule has 2 aromatic rings. The fourth-order valence-electron chi connectivity index (χ4n) is 1.43. The van der Waals surface area contributed by atoms with Crippen LogP contribution in [0.15, 0.2) is 42.7 Å². The lowest BCUT2D eigenvalue weighted by Gasteiger charge is -1.99. The molecule has 1 aromatic carbocycles. The summed E-state index contributed by atoms with van der Waals surface area (Å²) in [5, 5.41) is 0. The highest BCUT2D eigenvalue weighted by Gasteiger charge is 2.07. The molecule has 2 nitrogen and oxygen atoms in total. The standard InChI is InChI=1S/C12H10FNO/c13-11-3-1-2-9(6-11)7-12(15)10-4-5-14-8-10/h1-6,8,14H,7H2. The maximum absolute atomic E-state index is 12.8. The second-order valence-corrected chi connectivity index (χ2v) is 3.33. The Labute approximate surface area is 86.8 Å². The van der Waals surface area contributed by atoms with E-state index < -0.39 is 0 Å². The number of Topliss-reactive ketones (excluding diaryl/α,β-unsaturated/α-hetero) is 1. The first-order valence-corrected chi connectivity index (χ1v) is 4.66. The van der Waals surface area contributed by atoms with Crippen LogP contribution in [0.4, 0.5) is 4.39 Å². The van der Waals surface area contributed by atoms with Crippen molar-refractivity contribution in [2.45, 2.75) is 6.42 Å².